The van der Waals surface area contributed by atoms with Crippen molar-refractivity contribution in [1.29, 1.82) is 0 Å². The maximum absolute atomic E-state index is 12.0. The number of nitrogens with one attached hydrogen (secondary N) is 1. The monoisotopic (exact) mass is 330 g/mol. The van der Waals surface area contributed by atoms with Crippen molar-refractivity contribution in [3.63, 3.8) is 0 Å². The van der Waals surface area contributed by atoms with Crippen LogP contribution in [0.4, 0.5) is 0 Å². The van der Waals surface area contributed by atoms with E-state index in [0.29, 0.717) is 23.6 Å². The van der Waals surface area contributed by atoms with Gasteiger partial charge in [0, 0.05) is 29.1 Å². The minimum absolute atomic E-state index is 0.108. The summed E-state index contributed by atoms with van der Waals surface area (Å²) in [5.41, 5.74) is 1.57. The van der Waals surface area contributed by atoms with Gasteiger partial charge in [-0.25, -0.2) is 18.1 Å². The molecule has 0 atom stereocenters. The summed E-state index contributed by atoms with van der Waals surface area (Å²) in [7, 11) is -3.38. The molecule has 0 unspecified atom stereocenters. The van der Waals surface area contributed by atoms with Crippen LogP contribution < -0.4 is 4.72 Å². The van der Waals surface area contributed by atoms with Crippen LogP contribution in [-0.2, 0) is 22.2 Å². The van der Waals surface area contributed by atoms with Crippen LogP contribution in [0.3, 0.4) is 0 Å². The highest BCUT2D eigenvalue weighted by atomic mass is 35.5. The van der Waals surface area contributed by atoms with Crippen molar-refractivity contribution in [2.75, 3.05) is 6.54 Å². The van der Waals surface area contributed by atoms with Crippen molar-refractivity contribution in [3.8, 4) is 0 Å². The summed E-state index contributed by atoms with van der Waals surface area (Å²) in [6.45, 7) is 2.27. The lowest BCUT2D eigenvalue weighted by molar-refractivity contribution is 0.580. The summed E-state index contributed by atoms with van der Waals surface area (Å²) in [4.78, 5) is 4.29. The Balaban J connectivity index is 1.90. The highest BCUT2D eigenvalue weighted by Gasteiger charge is 2.13. The molecule has 0 aliphatic rings. The van der Waals surface area contributed by atoms with E-state index in [1.165, 1.54) is 11.3 Å². The quantitative estimate of drug-likeness (QED) is 0.886. The van der Waals surface area contributed by atoms with E-state index in [2.05, 4.69) is 9.71 Å². The second-order valence-corrected chi connectivity index (χ2v) is 7.53. The third-order valence-electron chi connectivity index (χ3n) is 2.63. The predicted molar refractivity (Wildman–Crippen MR) is 82.6 cm³/mol. The molecule has 0 spiro atoms. The molecule has 1 aromatic heterocycles. The fraction of sp³-hybridized carbons (Fsp3) is 0.308. The molecule has 0 aliphatic carbocycles. The summed E-state index contributed by atoms with van der Waals surface area (Å²) < 4.78 is 26.5. The maximum atomic E-state index is 12.0. The molecule has 20 heavy (non-hydrogen) atoms. The Bertz CT molecular complexity index is 683. The minimum Gasteiger partial charge on any atom is -0.247 e. The van der Waals surface area contributed by atoms with Crippen molar-refractivity contribution >= 4 is 33.0 Å². The fourth-order valence-electron chi connectivity index (χ4n) is 1.70. The lowest BCUT2D eigenvalue weighted by atomic mass is 10.2. The molecule has 0 aliphatic heterocycles. The standard InChI is InChI=1S/C13H15ClN2O2S2/c1-10-8-19-13(16-10)6-7-15-20(17,18)9-11-4-2-3-5-12(11)14/h2-5,8,15H,6-7,9H2,1H3. The van der Waals surface area contributed by atoms with Crippen LogP contribution in [0.15, 0.2) is 29.6 Å². The smallest absolute Gasteiger partial charge is 0.215 e. The zero-order valence-electron chi connectivity index (χ0n) is 11.0. The van der Waals surface area contributed by atoms with Gasteiger partial charge in [0.25, 0.3) is 0 Å². The first-order valence-corrected chi connectivity index (χ1v) is 8.99. The van der Waals surface area contributed by atoms with Gasteiger partial charge in [0.1, 0.15) is 0 Å². The van der Waals surface area contributed by atoms with Crippen molar-refractivity contribution in [2.45, 2.75) is 19.1 Å². The summed E-state index contributed by atoms with van der Waals surface area (Å²) >= 11 is 7.50. The van der Waals surface area contributed by atoms with Gasteiger partial charge >= 0.3 is 0 Å². The number of aryl methyl sites for hydroxylation is 1. The largest absolute Gasteiger partial charge is 0.247 e. The molecule has 0 saturated carbocycles. The molecule has 108 valence electrons. The van der Waals surface area contributed by atoms with E-state index >= 15 is 0 Å². The number of hydrogen-bond acceptors (Lipinski definition) is 4. The second-order valence-electron chi connectivity index (χ2n) is 4.38. The summed E-state index contributed by atoms with van der Waals surface area (Å²) in [6, 6.07) is 6.95. The highest BCUT2D eigenvalue weighted by Crippen LogP contribution is 2.17. The van der Waals surface area contributed by atoms with Gasteiger partial charge in [-0.1, -0.05) is 29.8 Å². The van der Waals surface area contributed by atoms with Crippen LogP contribution in [-0.4, -0.2) is 19.9 Å². The normalized spacial score (nSPS) is 11.7. The molecule has 1 aromatic carbocycles. The van der Waals surface area contributed by atoms with Crippen LogP contribution in [0.1, 0.15) is 16.3 Å². The Kier molecular flexibility index (Phi) is 5.15. The van der Waals surface area contributed by atoms with E-state index in [9.17, 15) is 8.42 Å². The topological polar surface area (TPSA) is 59.1 Å². The summed E-state index contributed by atoms with van der Waals surface area (Å²) in [5.74, 6) is -0.108. The predicted octanol–water partition coefficient (Wildman–Crippen LogP) is 2.77. The molecular weight excluding hydrogens is 316 g/mol. The van der Waals surface area contributed by atoms with Crippen molar-refractivity contribution < 1.29 is 8.42 Å². The number of hydrogen-bond donors (Lipinski definition) is 1. The lowest BCUT2D eigenvalue weighted by Crippen LogP contribution is -2.27. The van der Waals surface area contributed by atoms with E-state index in [4.69, 9.17) is 11.6 Å². The Morgan fingerprint density at radius 1 is 1.35 bits per heavy atom. The van der Waals surface area contributed by atoms with Gasteiger partial charge in [0.2, 0.25) is 10.0 Å². The van der Waals surface area contributed by atoms with Gasteiger partial charge in [0.15, 0.2) is 0 Å². The van der Waals surface area contributed by atoms with Crippen LogP contribution in [0.25, 0.3) is 0 Å². The van der Waals surface area contributed by atoms with Crippen molar-refractivity contribution in [1.82, 2.24) is 9.71 Å². The molecule has 1 heterocycles. The van der Waals surface area contributed by atoms with E-state index in [1.54, 1.807) is 24.3 Å². The molecule has 4 nitrogen and oxygen atoms in total. The van der Waals surface area contributed by atoms with Crippen molar-refractivity contribution in [2.24, 2.45) is 0 Å². The summed E-state index contributed by atoms with van der Waals surface area (Å²) in [6.07, 6.45) is 0.597. The Morgan fingerprint density at radius 3 is 2.75 bits per heavy atom. The van der Waals surface area contributed by atoms with Gasteiger partial charge in [-0.05, 0) is 18.6 Å². The first-order chi connectivity index (χ1) is 9.46. The molecule has 0 radical (unpaired) electrons. The molecule has 0 amide bonds. The van der Waals surface area contributed by atoms with Crippen LogP contribution >= 0.6 is 22.9 Å². The average molecular weight is 331 g/mol. The SMILES string of the molecule is Cc1csc(CCNS(=O)(=O)Cc2ccccc2Cl)n1. The number of thiazole rings is 1. The van der Waals surface area contributed by atoms with E-state index in [1.807, 2.05) is 12.3 Å². The van der Waals surface area contributed by atoms with Crippen LogP contribution in [0, 0.1) is 6.92 Å². The van der Waals surface area contributed by atoms with Gasteiger partial charge in [0.05, 0.1) is 10.8 Å². The van der Waals surface area contributed by atoms with Crippen molar-refractivity contribution in [3.05, 3.63) is 50.9 Å². The summed E-state index contributed by atoms with van der Waals surface area (Å²) in [5, 5.41) is 3.35. The molecule has 1 N–H and O–H groups in total. The highest BCUT2D eigenvalue weighted by molar-refractivity contribution is 7.88. The Hall–Kier alpha value is -0.950. The van der Waals surface area contributed by atoms with Gasteiger partial charge in [-0.2, -0.15) is 0 Å². The number of aromatic nitrogens is 1. The number of nitrogens with zero attached hydrogens (tertiary/aromatic N) is 1. The molecule has 0 saturated heterocycles. The second kappa shape index (κ2) is 6.67. The van der Waals surface area contributed by atoms with E-state index in [-0.39, 0.29) is 5.75 Å². The fourth-order valence-corrected chi connectivity index (χ4v) is 3.94. The molecular formula is C13H15ClN2O2S2. The first-order valence-electron chi connectivity index (χ1n) is 6.08. The molecule has 2 rings (SSSR count). The lowest BCUT2D eigenvalue weighted by Gasteiger charge is -2.07. The van der Waals surface area contributed by atoms with Gasteiger partial charge in [-0.3, -0.25) is 0 Å². The molecule has 0 bridgehead atoms. The Labute approximate surface area is 127 Å². The number of rotatable bonds is 6. The Morgan fingerprint density at radius 2 is 2.10 bits per heavy atom. The van der Waals surface area contributed by atoms with Gasteiger partial charge < -0.3 is 0 Å². The zero-order chi connectivity index (χ0) is 14.6. The maximum Gasteiger partial charge on any atom is 0.215 e. The molecule has 7 heteroatoms. The third kappa shape index (κ3) is 4.56. The molecule has 0 fully saturated rings. The molecule has 2 aromatic rings. The zero-order valence-corrected chi connectivity index (χ0v) is 13.4. The first kappa shape index (κ1) is 15.4. The minimum atomic E-state index is -3.38. The average Bonchev–Trinajstić information content (AvgIpc) is 2.77. The number of halogens is 1. The van der Waals surface area contributed by atoms with Crippen LogP contribution in [0.5, 0.6) is 0 Å². The third-order valence-corrected chi connectivity index (χ3v) is 5.36. The van der Waals surface area contributed by atoms with Crippen LogP contribution in [0.2, 0.25) is 5.02 Å². The van der Waals surface area contributed by atoms with E-state index in [0.717, 1.165) is 10.7 Å². The van der Waals surface area contributed by atoms with Gasteiger partial charge in [-0.15, -0.1) is 11.3 Å². The number of benzene rings is 1. The number of sulfonamides is 1. The van der Waals surface area contributed by atoms with E-state index < -0.39 is 10.0 Å².